The molecule has 1 aromatic heterocycles. The molecule has 0 amide bonds. The summed E-state index contributed by atoms with van der Waals surface area (Å²) in [5.74, 6) is 0. The molecule has 0 aliphatic heterocycles. The third kappa shape index (κ3) is 2.28. The maximum Gasteiger partial charge on any atom is 0.0374 e. The summed E-state index contributed by atoms with van der Waals surface area (Å²) in [7, 11) is 0. The van der Waals surface area contributed by atoms with Crippen molar-refractivity contribution in [2.45, 2.75) is 31.7 Å². The van der Waals surface area contributed by atoms with Gasteiger partial charge in [-0.3, -0.25) is 0 Å². The molecule has 2 aromatic rings. The van der Waals surface area contributed by atoms with Gasteiger partial charge in [0.25, 0.3) is 0 Å². The van der Waals surface area contributed by atoms with Gasteiger partial charge in [0.1, 0.15) is 0 Å². The van der Waals surface area contributed by atoms with Crippen LogP contribution in [0.2, 0.25) is 0 Å². The molecule has 0 bridgehead atoms. The highest BCUT2D eigenvalue weighted by molar-refractivity contribution is 7.17. The highest BCUT2D eigenvalue weighted by Gasteiger charge is 2.19. The van der Waals surface area contributed by atoms with Crippen LogP contribution in [0.25, 0.3) is 10.1 Å². The lowest BCUT2D eigenvalue weighted by molar-refractivity contribution is 0.647. The van der Waals surface area contributed by atoms with Crippen LogP contribution in [0.3, 0.4) is 0 Å². The molecule has 0 saturated heterocycles. The Bertz CT molecular complexity index is 470. The van der Waals surface area contributed by atoms with Crippen LogP contribution in [-0.4, -0.2) is 12.6 Å². The number of hydrogen-bond acceptors (Lipinski definition) is 2. The summed E-state index contributed by atoms with van der Waals surface area (Å²) in [6.07, 6.45) is 5.24. The quantitative estimate of drug-likeness (QED) is 0.775. The Kier molecular flexibility index (Phi) is 2.94. The molecule has 16 heavy (non-hydrogen) atoms. The first-order valence-corrected chi connectivity index (χ1v) is 7.00. The summed E-state index contributed by atoms with van der Waals surface area (Å²) in [6.45, 7) is 1.17. The zero-order chi connectivity index (χ0) is 10.8. The van der Waals surface area contributed by atoms with Crippen LogP contribution in [0.1, 0.15) is 24.8 Å². The van der Waals surface area contributed by atoms with Crippen LogP contribution in [0.4, 0.5) is 0 Å². The second-order valence-corrected chi connectivity index (χ2v) is 5.50. The largest absolute Gasteiger partial charge is 0.314 e. The predicted molar refractivity (Wildman–Crippen MR) is 71.2 cm³/mol. The lowest BCUT2D eigenvalue weighted by atomic mass is 10.1. The number of hydrogen-bond donors (Lipinski definition) is 1. The van der Waals surface area contributed by atoms with Crippen molar-refractivity contribution in [3.05, 3.63) is 35.2 Å². The van der Waals surface area contributed by atoms with E-state index in [1.54, 1.807) is 0 Å². The minimum atomic E-state index is 0.845. The Hall–Kier alpha value is -0.860. The fraction of sp³-hybridized carbons (Fsp3) is 0.429. The molecular formula is C14H17NS. The smallest absolute Gasteiger partial charge is 0.0374 e. The van der Waals surface area contributed by atoms with E-state index in [9.17, 15) is 0 Å². The summed E-state index contributed by atoms with van der Waals surface area (Å²) in [5.41, 5.74) is 1.52. The van der Waals surface area contributed by atoms with Gasteiger partial charge in [0.15, 0.2) is 0 Å². The highest BCUT2D eigenvalue weighted by atomic mass is 32.1. The number of fused-ring (bicyclic) bond motifs is 1. The van der Waals surface area contributed by atoms with E-state index >= 15 is 0 Å². The first kappa shape index (κ1) is 10.3. The Morgan fingerprint density at radius 3 is 3.06 bits per heavy atom. The third-order valence-corrected chi connectivity index (χ3v) is 4.20. The molecule has 3 rings (SSSR count). The van der Waals surface area contributed by atoms with Crippen molar-refractivity contribution >= 4 is 21.4 Å². The van der Waals surface area contributed by atoms with Gasteiger partial charge >= 0.3 is 0 Å². The summed E-state index contributed by atoms with van der Waals surface area (Å²) >= 11 is 1.87. The van der Waals surface area contributed by atoms with E-state index in [2.05, 4.69) is 35.0 Å². The number of nitrogens with one attached hydrogen (secondary N) is 1. The van der Waals surface area contributed by atoms with E-state index < -0.39 is 0 Å². The van der Waals surface area contributed by atoms with Crippen LogP contribution in [0.15, 0.2) is 29.6 Å². The van der Waals surface area contributed by atoms with E-state index in [-0.39, 0.29) is 0 Å². The SMILES string of the molecule is c1cc(CCCNC2CC2)c2sccc2c1. The third-order valence-electron chi connectivity index (χ3n) is 3.19. The average molecular weight is 231 g/mol. The molecule has 1 fully saturated rings. The monoisotopic (exact) mass is 231 g/mol. The first-order chi connectivity index (χ1) is 7.93. The lowest BCUT2D eigenvalue weighted by Crippen LogP contribution is -2.17. The molecule has 0 radical (unpaired) electrons. The van der Waals surface area contributed by atoms with Crippen LogP contribution < -0.4 is 5.32 Å². The molecule has 1 N–H and O–H groups in total. The molecule has 1 nitrogen and oxygen atoms in total. The van der Waals surface area contributed by atoms with Gasteiger partial charge in [-0.05, 0) is 54.6 Å². The average Bonchev–Trinajstić information content (AvgIpc) is 3.00. The van der Waals surface area contributed by atoms with Crippen molar-refractivity contribution in [3.8, 4) is 0 Å². The van der Waals surface area contributed by atoms with Gasteiger partial charge in [-0.25, -0.2) is 0 Å². The number of benzene rings is 1. The molecule has 2 heteroatoms. The van der Waals surface area contributed by atoms with Gasteiger partial charge in [0.05, 0.1) is 0 Å². The number of aryl methyl sites for hydroxylation is 1. The van der Waals surface area contributed by atoms with Crippen LogP contribution in [-0.2, 0) is 6.42 Å². The van der Waals surface area contributed by atoms with E-state index in [4.69, 9.17) is 0 Å². The molecule has 0 atom stereocenters. The molecule has 1 aromatic carbocycles. The van der Waals surface area contributed by atoms with Crippen LogP contribution in [0.5, 0.6) is 0 Å². The summed E-state index contributed by atoms with van der Waals surface area (Å²) in [6, 6.07) is 9.72. The fourth-order valence-corrected chi connectivity index (χ4v) is 3.07. The summed E-state index contributed by atoms with van der Waals surface area (Å²) in [5, 5.41) is 7.16. The maximum absolute atomic E-state index is 3.57. The van der Waals surface area contributed by atoms with E-state index in [1.807, 2.05) is 11.3 Å². The van der Waals surface area contributed by atoms with Crippen molar-refractivity contribution in [2.75, 3.05) is 6.54 Å². The second-order valence-electron chi connectivity index (χ2n) is 4.59. The predicted octanol–water partition coefficient (Wildman–Crippen LogP) is 3.59. The van der Waals surface area contributed by atoms with E-state index in [1.165, 1.54) is 47.9 Å². The Labute approximate surface area is 100 Å². The van der Waals surface area contributed by atoms with Crippen LogP contribution >= 0.6 is 11.3 Å². The normalized spacial score (nSPS) is 15.8. The van der Waals surface area contributed by atoms with Gasteiger partial charge in [-0.1, -0.05) is 18.2 Å². The highest BCUT2D eigenvalue weighted by Crippen LogP contribution is 2.25. The Morgan fingerprint density at radius 1 is 1.25 bits per heavy atom. The Balaban J connectivity index is 1.61. The van der Waals surface area contributed by atoms with Gasteiger partial charge in [-0.15, -0.1) is 11.3 Å². The van der Waals surface area contributed by atoms with Crippen molar-refractivity contribution in [1.82, 2.24) is 5.32 Å². The van der Waals surface area contributed by atoms with Gasteiger partial charge in [0, 0.05) is 10.7 Å². The zero-order valence-corrected chi connectivity index (χ0v) is 10.2. The van der Waals surface area contributed by atoms with Crippen molar-refractivity contribution in [2.24, 2.45) is 0 Å². The molecule has 1 saturated carbocycles. The molecular weight excluding hydrogens is 214 g/mol. The first-order valence-electron chi connectivity index (χ1n) is 6.12. The Morgan fingerprint density at radius 2 is 2.19 bits per heavy atom. The van der Waals surface area contributed by atoms with Crippen molar-refractivity contribution < 1.29 is 0 Å². The summed E-state index contributed by atoms with van der Waals surface area (Å²) in [4.78, 5) is 0. The van der Waals surface area contributed by atoms with Crippen molar-refractivity contribution in [1.29, 1.82) is 0 Å². The zero-order valence-electron chi connectivity index (χ0n) is 9.41. The minimum Gasteiger partial charge on any atom is -0.314 e. The van der Waals surface area contributed by atoms with Gasteiger partial charge in [-0.2, -0.15) is 0 Å². The topological polar surface area (TPSA) is 12.0 Å². The standard InChI is InChI=1S/C14H17NS/c1-3-11(5-2-9-15-13-6-7-13)14-12(4-1)8-10-16-14/h1,3-4,8,10,13,15H,2,5-7,9H2. The fourth-order valence-electron chi connectivity index (χ4n) is 2.12. The van der Waals surface area contributed by atoms with Crippen molar-refractivity contribution in [3.63, 3.8) is 0 Å². The summed E-state index contributed by atoms with van der Waals surface area (Å²) < 4.78 is 1.48. The molecule has 1 aliphatic carbocycles. The molecule has 1 aliphatic rings. The second kappa shape index (κ2) is 4.56. The number of rotatable bonds is 5. The van der Waals surface area contributed by atoms with E-state index in [0.29, 0.717) is 0 Å². The van der Waals surface area contributed by atoms with E-state index in [0.717, 1.165) is 6.04 Å². The number of thiophene rings is 1. The lowest BCUT2D eigenvalue weighted by Gasteiger charge is -2.04. The minimum absolute atomic E-state index is 0.845. The molecule has 0 spiro atoms. The molecule has 84 valence electrons. The van der Waals surface area contributed by atoms with Gasteiger partial charge < -0.3 is 5.32 Å². The van der Waals surface area contributed by atoms with Gasteiger partial charge in [0.2, 0.25) is 0 Å². The molecule has 1 heterocycles. The van der Waals surface area contributed by atoms with Crippen LogP contribution in [0, 0.1) is 0 Å². The molecule has 0 unspecified atom stereocenters. The maximum atomic E-state index is 3.57.